The number of hydrogen-bond donors (Lipinski definition) is 1. The molecule has 0 saturated heterocycles. The zero-order chi connectivity index (χ0) is 14.8. The van der Waals surface area contributed by atoms with Crippen LogP contribution in [0.3, 0.4) is 0 Å². The maximum atomic E-state index is 5.51. The molecule has 0 aliphatic heterocycles. The molecular formula is C14H24IN3O. The summed E-state index contributed by atoms with van der Waals surface area (Å²) in [7, 11) is 1.69. The van der Waals surface area contributed by atoms with Gasteiger partial charge in [0.15, 0.2) is 5.82 Å². The lowest BCUT2D eigenvalue weighted by Crippen LogP contribution is -2.27. The number of hydrogen-bond acceptors (Lipinski definition) is 4. The number of anilines is 1. The van der Waals surface area contributed by atoms with E-state index in [1.54, 1.807) is 7.11 Å². The predicted octanol–water partition coefficient (Wildman–Crippen LogP) is 3.69. The zero-order valence-corrected chi connectivity index (χ0v) is 15.0. The van der Waals surface area contributed by atoms with Crippen molar-refractivity contribution in [3.8, 4) is 0 Å². The lowest BCUT2D eigenvalue weighted by molar-refractivity contribution is 0.0112. The second-order valence-electron chi connectivity index (χ2n) is 6.05. The van der Waals surface area contributed by atoms with Gasteiger partial charge in [-0.1, -0.05) is 20.8 Å². The molecule has 1 aromatic heterocycles. The van der Waals surface area contributed by atoms with Gasteiger partial charge in [-0.25, -0.2) is 9.97 Å². The second-order valence-corrected chi connectivity index (χ2v) is 7.13. The van der Waals surface area contributed by atoms with Gasteiger partial charge in [0.25, 0.3) is 0 Å². The molecule has 0 aliphatic rings. The third-order valence-electron chi connectivity index (χ3n) is 2.95. The van der Waals surface area contributed by atoms with Crippen LogP contribution in [0.15, 0.2) is 0 Å². The van der Waals surface area contributed by atoms with Crippen LogP contribution in [0.5, 0.6) is 0 Å². The van der Waals surface area contributed by atoms with E-state index in [-0.39, 0.29) is 5.41 Å². The molecule has 0 radical (unpaired) electrons. The first-order valence-corrected chi connectivity index (χ1v) is 7.59. The topological polar surface area (TPSA) is 47.0 Å². The Morgan fingerprint density at radius 1 is 1.16 bits per heavy atom. The van der Waals surface area contributed by atoms with Gasteiger partial charge in [-0.2, -0.15) is 0 Å². The molecular weight excluding hydrogens is 353 g/mol. The zero-order valence-electron chi connectivity index (χ0n) is 12.9. The monoisotopic (exact) mass is 377 g/mol. The standard InChI is InChI=1S/C14H24IN3O/c1-8-16-11-9(15)10(13(2,3)4)17-12(18-11)14(5,6)19-7/h8H2,1-7H3,(H,16,17,18). The number of halogens is 1. The van der Waals surface area contributed by atoms with Gasteiger partial charge in [0, 0.05) is 19.1 Å². The van der Waals surface area contributed by atoms with Crippen LogP contribution in [0, 0.1) is 3.57 Å². The second kappa shape index (κ2) is 5.91. The molecule has 0 fully saturated rings. The molecule has 1 rings (SSSR count). The van der Waals surface area contributed by atoms with Crippen molar-refractivity contribution in [2.45, 2.75) is 52.6 Å². The van der Waals surface area contributed by atoms with Crippen LogP contribution in [0.2, 0.25) is 0 Å². The Morgan fingerprint density at radius 3 is 2.16 bits per heavy atom. The van der Waals surface area contributed by atoms with Crippen molar-refractivity contribution in [2.24, 2.45) is 0 Å². The van der Waals surface area contributed by atoms with Crippen molar-refractivity contribution in [1.82, 2.24) is 9.97 Å². The summed E-state index contributed by atoms with van der Waals surface area (Å²) >= 11 is 2.32. The summed E-state index contributed by atoms with van der Waals surface area (Å²) in [5.74, 6) is 1.61. The first-order valence-electron chi connectivity index (χ1n) is 6.51. The molecule has 4 nitrogen and oxygen atoms in total. The first-order chi connectivity index (χ1) is 8.63. The summed E-state index contributed by atoms with van der Waals surface area (Å²) in [6.45, 7) is 13.4. The summed E-state index contributed by atoms with van der Waals surface area (Å²) in [5, 5.41) is 3.31. The minimum atomic E-state index is -0.492. The lowest BCUT2D eigenvalue weighted by Gasteiger charge is -2.27. The Bertz CT molecular complexity index is 453. The summed E-state index contributed by atoms with van der Waals surface area (Å²) in [6, 6.07) is 0. The summed E-state index contributed by atoms with van der Waals surface area (Å²) in [6.07, 6.45) is 0. The van der Waals surface area contributed by atoms with Gasteiger partial charge < -0.3 is 10.1 Å². The van der Waals surface area contributed by atoms with Crippen molar-refractivity contribution >= 4 is 28.4 Å². The lowest BCUT2D eigenvalue weighted by atomic mass is 9.91. The molecule has 1 heterocycles. The predicted molar refractivity (Wildman–Crippen MR) is 87.6 cm³/mol. The Balaban J connectivity index is 3.48. The third-order valence-corrected chi connectivity index (χ3v) is 3.98. The van der Waals surface area contributed by atoms with Gasteiger partial charge >= 0.3 is 0 Å². The van der Waals surface area contributed by atoms with Crippen molar-refractivity contribution in [1.29, 1.82) is 0 Å². The van der Waals surface area contributed by atoms with Gasteiger partial charge in [-0.15, -0.1) is 0 Å². The normalized spacial score (nSPS) is 12.6. The Labute approximate surface area is 129 Å². The summed E-state index contributed by atoms with van der Waals surface area (Å²) in [4.78, 5) is 9.37. The first kappa shape index (κ1) is 16.6. The smallest absolute Gasteiger partial charge is 0.162 e. The molecule has 0 spiro atoms. The maximum absolute atomic E-state index is 5.51. The van der Waals surface area contributed by atoms with Crippen LogP contribution in [0.1, 0.15) is 53.1 Å². The van der Waals surface area contributed by atoms with Crippen LogP contribution in [0.4, 0.5) is 5.82 Å². The molecule has 1 aromatic rings. The summed E-state index contributed by atoms with van der Waals surface area (Å²) in [5.41, 5.74) is 0.538. The average molecular weight is 377 g/mol. The van der Waals surface area contributed by atoms with Crippen LogP contribution in [-0.4, -0.2) is 23.6 Å². The fourth-order valence-corrected chi connectivity index (χ4v) is 2.83. The Morgan fingerprint density at radius 2 is 1.74 bits per heavy atom. The number of aromatic nitrogens is 2. The Hall–Kier alpha value is -0.430. The van der Waals surface area contributed by atoms with E-state index in [1.807, 2.05) is 13.8 Å². The molecule has 0 saturated carbocycles. The molecule has 0 unspecified atom stereocenters. The van der Waals surface area contributed by atoms with Crippen LogP contribution in [0.25, 0.3) is 0 Å². The van der Waals surface area contributed by atoms with E-state index in [9.17, 15) is 0 Å². The van der Waals surface area contributed by atoms with Crippen LogP contribution >= 0.6 is 22.6 Å². The number of nitrogens with zero attached hydrogens (tertiary/aromatic N) is 2. The minimum absolute atomic E-state index is 0.0256. The van der Waals surface area contributed by atoms with Gasteiger partial charge in [0.05, 0.1) is 9.26 Å². The molecule has 0 atom stereocenters. The SMILES string of the molecule is CCNc1nc(C(C)(C)OC)nc(C(C)(C)C)c1I. The van der Waals surface area contributed by atoms with Crippen LogP contribution < -0.4 is 5.32 Å². The van der Waals surface area contributed by atoms with E-state index in [0.29, 0.717) is 0 Å². The third kappa shape index (κ3) is 3.78. The highest BCUT2D eigenvalue weighted by Gasteiger charge is 2.29. The van der Waals surface area contributed by atoms with Gasteiger partial charge in [0.1, 0.15) is 11.4 Å². The molecule has 0 bridgehead atoms. The molecule has 19 heavy (non-hydrogen) atoms. The van der Waals surface area contributed by atoms with E-state index in [0.717, 1.165) is 27.5 Å². The molecule has 5 heteroatoms. The molecule has 0 aromatic carbocycles. The minimum Gasteiger partial charge on any atom is -0.371 e. The quantitative estimate of drug-likeness (QED) is 0.813. The summed E-state index contributed by atoms with van der Waals surface area (Å²) < 4.78 is 6.59. The van der Waals surface area contributed by atoms with E-state index in [1.165, 1.54) is 0 Å². The molecule has 0 amide bonds. The fourth-order valence-electron chi connectivity index (χ4n) is 1.59. The number of nitrogens with one attached hydrogen (secondary N) is 1. The van der Waals surface area contributed by atoms with Crippen molar-refractivity contribution in [3.05, 3.63) is 15.1 Å². The molecule has 0 aliphatic carbocycles. The number of methoxy groups -OCH3 is 1. The van der Waals surface area contributed by atoms with E-state index in [4.69, 9.17) is 9.72 Å². The number of ether oxygens (including phenoxy) is 1. The average Bonchev–Trinajstić information content (AvgIpc) is 2.30. The molecule has 108 valence electrons. The van der Waals surface area contributed by atoms with Crippen molar-refractivity contribution in [2.75, 3.05) is 19.0 Å². The fraction of sp³-hybridized carbons (Fsp3) is 0.714. The van der Waals surface area contributed by atoms with Crippen molar-refractivity contribution < 1.29 is 4.74 Å². The van der Waals surface area contributed by atoms with Crippen molar-refractivity contribution in [3.63, 3.8) is 0 Å². The Kier molecular flexibility index (Phi) is 5.17. The highest BCUT2D eigenvalue weighted by molar-refractivity contribution is 14.1. The highest BCUT2D eigenvalue weighted by Crippen LogP contribution is 2.32. The van der Waals surface area contributed by atoms with Gasteiger partial charge in [-0.05, 0) is 43.4 Å². The van der Waals surface area contributed by atoms with E-state index >= 15 is 0 Å². The van der Waals surface area contributed by atoms with E-state index in [2.05, 4.69) is 60.6 Å². The highest BCUT2D eigenvalue weighted by atomic mass is 127. The van der Waals surface area contributed by atoms with Gasteiger partial charge in [0.2, 0.25) is 0 Å². The van der Waals surface area contributed by atoms with Gasteiger partial charge in [-0.3, -0.25) is 0 Å². The van der Waals surface area contributed by atoms with E-state index < -0.39 is 5.60 Å². The van der Waals surface area contributed by atoms with Crippen LogP contribution in [-0.2, 0) is 15.8 Å². The largest absolute Gasteiger partial charge is 0.371 e. The number of rotatable bonds is 4. The molecule has 1 N–H and O–H groups in total. The maximum Gasteiger partial charge on any atom is 0.162 e.